The molecule has 0 saturated carbocycles. The monoisotopic (exact) mass is 664 g/mol. The number of benzene rings is 7. The van der Waals surface area contributed by atoms with Crippen LogP contribution < -0.4 is 0 Å². The average Bonchev–Trinajstić information content (AvgIpc) is 3.73. The topological polar surface area (TPSA) is 35.6 Å². The molecule has 0 amide bonds. The van der Waals surface area contributed by atoms with Crippen molar-refractivity contribution in [1.29, 1.82) is 0 Å². The van der Waals surface area contributed by atoms with E-state index in [1.165, 1.54) is 76.9 Å². The van der Waals surface area contributed by atoms with Gasteiger partial charge in [0.1, 0.15) is 6.33 Å². The number of hydrogen-bond donors (Lipinski definition) is 0. The van der Waals surface area contributed by atoms with E-state index >= 15 is 0 Å². The van der Waals surface area contributed by atoms with Crippen LogP contribution in [0.1, 0.15) is 18.0 Å². The van der Waals surface area contributed by atoms with Crippen LogP contribution in [0.5, 0.6) is 0 Å². The molecule has 10 aromatic rings. The van der Waals surface area contributed by atoms with Crippen molar-refractivity contribution in [3.05, 3.63) is 182 Å². The summed E-state index contributed by atoms with van der Waals surface area (Å²) in [7, 11) is 0. The van der Waals surface area contributed by atoms with Gasteiger partial charge in [-0.25, -0.2) is 9.97 Å². The van der Waals surface area contributed by atoms with Crippen molar-refractivity contribution in [2.24, 2.45) is 0 Å². The van der Waals surface area contributed by atoms with Crippen molar-refractivity contribution >= 4 is 71.0 Å². The average molecular weight is 665 g/mol. The largest absolute Gasteiger partial charge is 0.310 e. The lowest BCUT2D eigenvalue weighted by atomic mass is 9.92. The van der Waals surface area contributed by atoms with Gasteiger partial charge in [0.15, 0.2) is 0 Å². The van der Waals surface area contributed by atoms with Crippen LogP contribution in [-0.2, 0) is 0 Å². The minimum absolute atomic E-state index is 0.179. The molecule has 11 rings (SSSR count). The van der Waals surface area contributed by atoms with E-state index in [2.05, 4.69) is 179 Å². The third-order valence-electron chi connectivity index (χ3n) is 10.9. The number of nitrogens with zero attached hydrogens (tertiary/aromatic N) is 4. The highest BCUT2D eigenvalue weighted by Crippen LogP contribution is 2.40. The van der Waals surface area contributed by atoms with Crippen molar-refractivity contribution in [1.82, 2.24) is 19.1 Å². The van der Waals surface area contributed by atoms with Gasteiger partial charge in [-0.05, 0) is 77.5 Å². The van der Waals surface area contributed by atoms with E-state index in [1.807, 2.05) is 0 Å². The number of rotatable bonds is 4. The van der Waals surface area contributed by atoms with Crippen LogP contribution >= 0.6 is 0 Å². The van der Waals surface area contributed by atoms with Gasteiger partial charge < -0.3 is 9.13 Å². The summed E-state index contributed by atoms with van der Waals surface area (Å²) < 4.78 is 4.79. The number of para-hydroxylation sites is 3. The van der Waals surface area contributed by atoms with E-state index in [0.29, 0.717) is 0 Å². The molecule has 7 aromatic carbocycles. The molecule has 0 fully saturated rings. The van der Waals surface area contributed by atoms with Crippen LogP contribution in [0.4, 0.5) is 0 Å². The SMILES string of the molecule is C1=CC(c2ncnc3c2ccc2ccccc23)CC=C1n1c2ccccc2c2cc(-c3ccc4c(c3)c3ccccc3n4-c3ccccc3)ccc21. The second kappa shape index (κ2) is 11.4. The Kier molecular flexibility index (Phi) is 6.34. The Morgan fingerprint density at radius 1 is 0.481 bits per heavy atom. The van der Waals surface area contributed by atoms with E-state index < -0.39 is 0 Å². The highest BCUT2D eigenvalue weighted by atomic mass is 15.0. The van der Waals surface area contributed by atoms with Gasteiger partial charge >= 0.3 is 0 Å². The summed E-state index contributed by atoms with van der Waals surface area (Å²) in [6.45, 7) is 0. The lowest BCUT2D eigenvalue weighted by Crippen LogP contribution is -2.05. The molecule has 1 atom stereocenters. The first-order valence-electron chi connectivity index (χ1n) is 17.9. The number of hydrogen-bond acceptors (Lipinski definition) is 2. The molecule has 52 heavy (non-hydrogen) atoms. The second-order valence-electron chi connectivity index (χ2n) is 13.8. The van der Waals surface area contributed by atoms with E-state index in [4.69, 9.17) is 9.97 Å². The Morgan fingerprint density at radius 2 is 1.10 bits per heavy atom. The Bertz CT molecular complexity index is 3110. The van der Waals surface area contributed by atoms with Crippen LogP contribution in [0, 0.1) is 0 Å². The maximum Gasteiger partial charge on any atom is 0.116 e. The minimum Gasteiger partial charge on any atom is -0.310 e. The molecule has 3 aromatic heterocycles. The summed E-state index contributed by atoms with van der Waals surface area (Å²) in [6.07, 6.45) is 9.56. The highest BCUT2D eigenvalue weighted by Gasteiger charge is 2.20. The third-order valence-corrected chi connectivity index (χ3v) is 10.9. The number of aromatic nitrogens is 4. The van der Waals surface area contributed by atoms with Crippen LogP contribution in [0.2, 0.25) is 0 Å². The molecule has 1 aliphatic rings. The minimum atomic E-state index is 0.179. The molecule has 0 bridgehead atoms. The summed E-state index contributed by atoms with van der Waals surface area (Å²) in [5, 5.41) is 8.53. The Labute approximate surface area is 300 Å². The summed E-state index contributed by atoms with van der Waals surface area (Å²) in [4.78, 5) is 9.52. The van der Waals surface area contributed by atoms with E-state index in [1.54, 1.807) is 6.33 Å². The normalized spacial score (nSPS) is 14.7. The molecule has 3 heterocycles. The standard InChI is InChI=1S/C48H32N4/c1-2-11-35(12-3-1)51-43-16-8-6-14-38(43)41-28-33(21-26-45(41)51)34-22-27-46-42(29-34)39-15-7-9-17-44(39)52(46)36-23-18-32(19-24-36)47-40-25-20-31-10-4-5-13-37(31)48(40)50-30-49-47/h1-18,20-30,32H,19H2. The zero-order valence-corrected chi connectivity index (χ0v) is 28.3. The summed E-state index contributed by atoms with van der Waals surface area (Å²) in [5.41, 5.74) is 11.7. The molecule has 0 saturated heterocycles. The fourth-order valence-electron chi connectivity index (χ4n) is 8.53. The lowest BCUT2D eigenvalue weighted by molar-refractivity contribution is 0.819. The lowest BCUT2D eigenvalue weighted by Gasteiger charge is -2.19. The predicted molar refractivity (Wildman–Crippen MR) is 217 cm³/mol. The smallest absolute Gasteiger partial charge is 0.116 e. The zero-order chi connectivity index (χ0) is 34.2. The molecule has 244 valence electrons. The van der Waals surface area contributed by atoms with Crippen LogP contribution in [0.15, 0.2) is 176 Å². The first-order valence-corrected chi connectivity index (χ1v) is 17.9. The second-order valence-corrected chi connectivity index (χ2v) is 13.8. The van der Waals surface area contributed by atoms with Gasteiger partial charge in [-0.15, -0.1) is 0 Å². The van der Waals surface area contributed by atoms with Gasteiger partial charge in [-0.1, -0.05) is 115 Å². The van der Waals surface area contributed by atoms with E-state index in [-0.39, 0.29) is 5.92 Å². The Hall–Kier alpha value is -6.78. The Balaban J connectivity index is 0.996. The number of fused-ring (bicyclic) bond motifs is 9. The van der Waals surface area contributed by atoms with Gasteiger partial charge in [0, 0.05) is 49.6 Å². The quantitative estimate of drug-likeness (QED) is 0.176. The molecule has 0 spiro atoms. The summed E-state index contributed by atoms with van der Waals surface area (Å²) >= 11 is 0. The summed E-state index contributed by atoms with van der Waals surface area (Å²) in [5.74, 6) is 0.179. The molecule has 0 radical (unpaired) electrons. The van der Waals surface area contributed by atoms with Crippen LogP contribution in [-0.4, -0.2) is 19.1 Å². The molecular weight excluding hydrogens is 633 g/mol. The molecule has 1 unspecified atom stereocenters. The Morgan fingerprint density at radius 3 is 1.81 bits per heavy atom. The van der Waals surface area contributed by atoms with Crippen molar-refractivity contribution in [3.63, 3.8) is 0 Å². The molecule has 0 N–H and O–H groups in total. The first-order chi connectivity index (χ1) is 25.8. The van der Waals surface area contributed by atoms with Crippen molar-refractivity contribution in [3.8, 4) is 16.8 Å². The molecule has 1 aliphatic carbocycles. The first kappa shape index (κ1) is 29.0. The number of allylic oxidation sites excluding steroid dienone is 4. The van der Waals surface area contributed by atoms with E-state index in [9.17, 15) is 0 Å². The van der Waals surface area contributed by atoms with Gasteiger partial charge in [0.05, 0.1) is 33.3 Å². The zero-order valence-electron chi connectivity index (χ0n) is 28.3. The maximum absolute atomic E-state index is 4.82. The molecule has 0 aliphatic heterocycles. The van der Waals surface area contributed by atoms with Crippen LogP contribution in [0.25, 0.3) is 87.8 Å². The molecule has 4 nitrogen and oxygen atoms in total. The molecular formula is C48H32N4. The van der Waals surface area contributed by atoms with Gasteiger partial charge in [0.25, 0.3) is 0 Å². The predicted octanol–water partition coefficient (Wildman–Crippen LogP) is 12.2. The fraction of sp³-hybridized carbons (Fsp3) is 0.0417. The highest BCUT2D eigenvalue weighted by molar-refractivity contribution is 6.13. The summed E-state index contributed by atoms with van der Waals surface area (Å²) in [6, 6.07) is 54.8. The van der Waals surface area contributed by atoms with Crippen molar-refractivity contribution < 1.29 is 0 Å². The molecule has 4 heteroatoms. The maximum atomic E-state index is 4.82. The third kappa shape index (κ3) is 4.34. The van der Waals surface area contributed by atoms with Crippen LogP contribution in [0.3, 0.4) is 0 Å². The van der Waals surface area contributed by atoms with Crippen molar-refractivity contribution in [2.45, 2.75) is 12.3 Å². The van der Waals surface area contributed by atoms with E-state index in [0.717, 1.165) is 23.0 Å². The van der Waals surface area contributed by atoms with Crippen molar-refractivity contribution in [2.75, 3.05) is 0 Å². The van der Waals surface area contributed by atoms with Gasteiger partial charge in [0.2, 0.25) is 0 Å². The van der Waals surface area contributed by atoms with Gasteiger partial charge in [-0.3, -0.25) is 0 Å². The fourth-order valence-corrected chi connectivity index (χ4v) is 8.53. The van der Waals surface area contributed by atoms with Gasteiger partial charge in [-0.2, -0.15) is 0 Å².